The van der Waals surface area contributed by atoms with Gasteiger partial charge in [-0.3, -0.25) is 0 Å². The van der Waals surface area contributed by atoms with Crippen molar-refractivity contribution >= 4 is 5.57 Å². The van der Waals surface area contributed by atoms with E-state index in [4.69, 9.17) is 19.5 Å². The van der Waals surface area contributed by atoms with E-state index in [0.29, 0.717) is 17.2 Å². The number of nitriles is 1. The highest BCUT2D eigenvalue weighted by atomic mass is 16.5. The maximum absolute atomic E-state index is 8.96. The topological polar surface area (TPSA) is 54.7 Å². The Bertz CT molecular complexity index is 559. The Morgan fingerprint density at radius 3 is 2.05 bits per heavy atom. The van der Waals surface area contributed by atoms with Gasteiger partial charge in [-0.1, -0.05) is 0 Å². The van der Waals surface area contributed by atoms with Crippen LogP contribution in [0.25, 0.3) is 5.57 Å². The van der Waals surface area contributed by atoms with E-state index < -0.39 is 0 Å². The van der Waals surface area contributed by atoms with E-state index in [1.807, 2.05) is 49.5 Å². The summed E-state index contributed by atoms with van der Waals surface area (Å²) in [5.74, 6) is 1.62. The Kier molecular flexibility index (Phi) is 6.15. The summed E-state index contributed by atoms with van der Waals surface area (Å²) < 4.78 is 15.9. The molecular formula is C16H20N2O3. The maximum atomic E-state index is 8.96. The number of benzene rings is 1. The summed E-state index contributed by atoms with van der Waals surface area (Å²) in [6.45, 7) is 0. The van der Waals surface area contributed by atoms with Crippen LogP contribution in [-0.2, 0) is 0 Å². The molecular weight excluding hydrogens is 268 g/mol. The minimum absolute atomic E-state index is 0.525. The molecule has 0 saturated heterocycles. The van der Waals surface area contributed by atoms with Crippen LogP contribution >= 0.6 is 0 Å². The minimum Gasteiger partial charge on any atom is -0.493 e. The molecule has 0 aliphatic rings. The van der Waals surface area contributed by atoms with Crippen LogP contribution in [0.3, 0.4) is 0 Å². The predicted molar refractivity (Wildman–Crippen MR) is 82.5 cm³/mol. The molecule has 0 N–H and O–H groups in total. The fourth-order valence-electron chi connectivity index (χ4n) is 1.77. The molecule has 0 radical (unpaired) electrons. The van der Waals surface area contributed by atoms with Gasteiger partial charge in [0.25, 0.3) is 0 Å². The Balaban J connectivity index is 3.40. The maximum Gasteiger partial charge on any atom is 0.203 e. The third-order valence-electron chi connectivity index (χ3n) is 2.77. The van der Waals surface area contributed by atoms with Crippen LogP contribution in [0, 0.1) is 11.3 Å². The first-order chi connectivity index (χ1) is 10.1. The van der Waals surface area contributed by atoms with Crippen LogP contribution in [-0.4, -0.2) is 40.3 Å². The molecule has 0 fully saturated rings. The highest BCUT2D eigenvalue weighted by Crippen LogP contribution is 2.40. The smallest absolute Gasteiger partial charge is 0.203 e. The molecule has 0 atom stereocenters. The standard InChI is InChI=1S/C16H20N2O3/c1-18(2)9-7-12(6-8-17)13-10-14(19-3)16(21-5)15(11-13)20-4/h6-7,9-11H,1-5H3/b9-7+,12-6-. The van der Waals surface area contributed by atoms with Crippen molar-refractivity contribution in [1.29, 1.82) is 5.26 Å². The summed E-state index contributed by atoms with van der Waals surface area (Å²) in [5.41, 5.74) is 1.56. The number of hydrogen-bond donors (Lipinski definition) is 0. The van der Waals surface area contributed by atoms with E-state index in [0.717, 1.165) is 11.1 Å². The first-order valence-electron chi connectivity index (χ1n) is 6.32. The zero-order valence-electron chi connectivity index (χ0n) is 13.0. The van der Waals surface area contributed by atoms with E-state index in [1.54, 1.807) is 21.3 Å². The van der Waals surface area contributed by atoms with Crippen molar-refractivity contribution in [2.75, 3.05) is 35.4 Å². The van der Waals surface area contributed by atoms with Gasteiger partial charge in [-0.25, -0.2) is 0 Å². The largest absolute Gasteiger partial charge is 0.493 e. The SMILES string of the molecule is COc1cc(C(=C\C#N)/C=C/N(C)C)cc(OC)c1OC. The summed E-state index contributed by atoms with van der Waals surface area (Å²) in [5, 5.41) is 8.96. The third-order valence-corrected chi connectivity index (χ3v) is 2.77. The average molecular weight is 288 g/mol. The van der Waals surface area contributed by atoms with E-state index in [1.165, 1.54) is 6.08 Å². The molecule has 112 valence electrons. The van der Waals surface area contributed by atoms with E-state index in [2.05, 4.69) is 0 Å². The van der Waals surface area contributed by atoms with Gasteiger partial charge in [0.2, 0.25) is 5.75 Å². The van der Waals surface area contributed by atoms with Gasteiger partial charge in [0.1, 0.15) is 0 Å². The zero-order chi connectivity index (χ0) is 15.8. The first-order valence-corrected chi connectivity index (χ1v) is 6.32. The molecule has 5 heteroatoms. The number of nitrogens with zero attached hydrogens (tertiary/aromatic N) is 2. The molecule has 0 bridgehead atoms. The number of hydrogen-bond acceptors (Lipinski definition) is 5. The number of allylic oxidation sites excluding steroid dienone is 3. The molecule has 0 heterocycles. The molecule has 1 aromatic carbocycles. The summed E-state index contributed by atoms with van der Waals surface area (Å²) >= 11 is 0. The summed E-state index contributed by atoms with van der Waals surface area (Å²) in [7, 11) is 8.50. The van der Waals surface area contributed by atoms with E-state index >= 15 is 0 Å². The highest BCUT2D eigenvalue weighted by Gasteiger charge is 2.14. The van der Waals surface area contributed by atoms with Crippen molar-refractivity contribution in [3.8, 4) is 23.3 Å². The van der Waals surface area contributed by atoms with Crippen molar-refractivity contribution in [1.82, 2.24) is 4.90 Å². The second kappa shape index (κ2) is 7.85. The van der Waals surface area contributed by atoms with Crippen LogP contribution in [0.15, 0.2) is 30.5 Å². The van der Waals surface area contributed by atoms with Gasteiger partial charge in [0.15, 0.2) is 11.5 Å². The van der Waals surface area contributed by atoms with Gasteiger partial charge in [-0.2, -0.15) is 5.26 Å². The van der Waals surface area contributed by atoms with Gasteiger partial charge in [0, 0.05) is 20.2 Å². The average Bonchev–Trinajstić information content (AvgIpc) is 2.49. The van der Waals surface area contributed by atoms with Gasteiger partial charge < -0.3 is 19.1 Å². The lowest BCUT2D eigenvalue weighted by Crippen LogP contribution is -2.00. The lowest BCUT2D eigenvalue weighted by atomic mass is 10.0. The molecule has 0 saturated carbocycles. The zero-order valence-corrected chi connectivity index (χ0v) is 13.0. The lowest BCUT2D eigenvalue weighted by molar-refractivity contribution is 0.324. The second-order valence-corrected chi connectivity index (χ2v) is 4.42. The quantitative estimate of drug-likeness (QED) is 0.595. The van der Waals surface area contributed by atoms with Gasteiger partial charge in [0.05, 0.1) is 27.4 Å². The molecule has 1 aromatic rings. The molecule has 0 aromatic heterocycles. The monoisotopic (exact) mass is 288 g/mol. The molecule has 1 rings (SSSR count). The highest BCUT2D eigenvalue weighted by molar-refractivity contribution is 5.78. The van der Waals surface area contributed by atoms with Crippen LogP contribution in [0.4, 0.5) is 0 Å². The molecule has 5 nitrogen and oxygen atoms in total. The first kappa shape index (κ1) is 16.4. The Hall–Kier alpha value is -2.61. The molecule has 0 aliphatic carbocycles. The summed E-state index contributed by atoms with van der Waals surface area (Å²) in [6.07, 6.45) is 5.19. The van der Waals surface area contributed by atoms with Crippen LogP contribution in [0.1, 0.15) is 5.56 Å². The Labute approximate surface area is 125 Å². The molecule has 0 amide bonds. The van der Waals surface area contributed by atoms with Crippen molar-refractivity contribution in [2.24, 2.45) is 0 Å². The minimum atomic E-state index is 0.525. The molecule has 21 heavy (non-hydrogen) atoms. The second-order valence-electron chi connectivity index (χ2n) is 4.42. The molecule has 0 spiro atoms. The van der Waals surface area contributed by atoms with Crippen LogP contribution < -0.4 is 14.2 Å². The van der Waals surface area contributed by atoms with E-state index in [-0.39, 0.29) is 0 Å². The number of ether oxygens (including phenoxy) is 3. The fourth-order valence-corrected chi connectivity index (χ4v) is 1.77. The lowest BCUT2D eigenvalue weighted by Gasteiger charge is -2.14. The fraction of sp³-hybridized carbons (Fsp3) is 0.312. The molecule has 0 aliphatic heterocycles. The van der Waals surface area contributed by atoms with Crippen molar-refractivity contribution in [3.05, 3.63) is 36.0 Å². The van der Waals surface area contributed by atoms with Crippen molar-refractivity contribution in [2.45, 2.75) is 0 Å². The Morgan fingerprint density at radius 2 is 1.67 bits per heavy atom. The number of methoxy groups -OCH3 is 3. The third kappa shape index (κ3) is 4.18. The van der Waals surface area contributed by atoms with Gasteiger partial charge in [-0.05, 0) is 35.5 Å². The number of rotatable bonds is 6. The van der Waals surface area contributed by atoms with Crippen molar-refractivity contribution in [3.63, 3.8) is 0 Å². The summed E-state index contributed by atoms with van der Waals surface area (Å²) in [6, 6.07) is 5.67. The molecule has 0 unspecified atom stereocenters. The van der Waals surface area contributed by atoms with Gasteiger partial charge >= 0.3 is 0 Å². The van der Waals surface area contributed by atoms with Crippen molar-refractivity contribution < 1.29 is 14.2 Å². The normalized spacial score (nSPS) is 11.1. The Morgan fingerprint density at radius 1 is 1.10 bits per heavy atom. The van der Waals surface area contributed by atoms with Crippen LogP contribution in [0.2, 0.25) is 0 Å². The predicted octanol–water partition coefficient (Wildman–Crippen LogP) is 2.69. The van der Waals surface area contributed by atoms with Crippen LogP contribution in [0.5, 0.6) is 17.2 Å². The van der Waals surface area contributed by atoms with Gasteiger partial charge in [-0.15, -0.1) is 0 Å². The summed E-state index contributed by atoms with van der Waals surface area (Å²) in [4.78, 5) is 1.89. The van der Waals surface area contributed by atoms with E-state index in [9.17, 15) is 0 Å².